The molecule has 0 atom stereocenters. The summed E-state index contributed by atoms with van der Waals surface area (Å²) in [7, 11) is 1.32. The third-order valence-corrected chi connectivity index (χ3v) is 2.78. The van der Waals surface area contributed by atoms with Gasteiger partial charge in [-0.3, -0.25) is 0 Å². The molecule has 0 spiro atoms. The zero-order valence-corrected chi connectivity index (χ0v) is 11.9. The van der Waals surface area contributed by atoms with Gasteiger partial charge in [0, 0.05) is 17.4 Å². The van der Waals surface area contributed by atoms with E-state index in [1.54, 1.807) is 30.5 Å². The standard InChI is InChI=1S/C15H17N3O3/c1-3-21-14-7-5-11(9-17-14)18-10-4-6-13(16)12(8-10)15(19)20-2/h4-9,18H,3,16H2,1-2H3. The van der Waals surface area contributed by atoms with Crippen LogP contribution in [-0.4, -0.2) is 24.7 Å². The number of ether oxygens (including phenoxy) is 2. The maximum Gasteiger partial charge on any atom is 0.340 e. The lowest BCUT2D eigenvalue weighted by molar-refractivity contribution is 0.0602. The summed E-state index contributed by atoms with van der Waals surface area (Å²) in [6.45, 7) is 2.47. The number of methoxy groups -OCH3 is 1. The molecule has 0 aliphatic rings. The first-order chi connectivity index (χ1) is 10.1. The largest absolute Gasteiger partial charge is 0.478 e. The molecule has 0 aliphatic carbocycles. The highest BCUT2D eigenvalue weighted by Gasteiger charge is 2.10. The van der Waals surface area contributed by atoms with E-state index in [2.05, 4.69) is 15.0 Å². The van der Waals surface area contributed by atoms with Crippen LogP contribution >= 0.6 is 0 Å². The first kappa shape index (κ1) is 14.6. The first-order valence-corrected chi connectivity index (χ1v) is 6.47. The minimum absolute atomic E-state index is 0.321. The van der Waals surface area contributed by atoms with Crippen molar-refractivity contribution in [3.8, 4) is 5.88 Å². The summed E-state index contributed by atoms with van der Waals surface area (Å²) in [5.41, 5.74) is 7.94. The Kier molecular flexibility index (Phi) is 4.61. The molecule has 110 valence electrons. The molecule has 0 fully saturated rings. The van der Waals surface area contributed by atoms with Gasteiger partial charge in [-0.1, -0.05) is 0 Å². The van der Waals surface area contributed by atoms with Crippen molar-refractivity contribution in [1.29, 1.82) is 0 Å². The van der Waals surface area contributed by atoms with Gasteiger partial charge in [0.05, 0.1) is 31.2 Å². The van der Waals surface area contributed by atoms with Gasteiger partial charge in [-0.15, -0.1) is 0 Å². The second-order valence-electron chi connectivity index (χ2n) is 4.24. The number of anilines is 3. The summed E-state index contributed by atoms with van der Waals surface area (Å²) in [6.07, 6.45) is 1.65. The van der Waals surface area contributed by atoms with Crippen LogP contribution in [0.4, 0.5) is 17.1 Å². The van der Waals surface area contributed by atoms with Gasteiger partial charge >= 0.3 is 5.97 Å². The second-order valence-corrected chi connectivity index (χ2v) is 4.24. The average Bonchev–Trinajstić information content (AvgIpc) is 2.50. The molecule has 2 rings (SSSR count). The van der Waals surface area contributed by atoms with Crippen molar-refractivity contribution >= 4 is 23.0 Å². The number of hydrogen-bond donors (Lipinski definition) is 2. The Labute approximate surface area is 122 Å². The van der Waals surface area contributed by atoms with Crippen LogP contribution < -0.4 is 15.8 Å². The van der Waals surface area contributed by atoms with Crippen molar-refractivity contribution in [1.82, 2.24) is 4.98 Å². The highest BCUT2D eigenvalue weighted by Crippen LogP contribution is 2.22. The van der Waals surface area contributed by atoms with E-state index in [9.17, 15) is 4.79 Å². The van der Waals surface area contributed by atoms with E-state index >= 15 is 0 Å². The zero-order valence-electron chi connectivity index (χ0n) is 11.9. The van der Waals surface area contributed by atoms with Crippen molar-refractivity contribution in [2.45, 2.75) is 6.92 Å². The number of benzene rings is 1. The molecule has 6 heteroatoms. The maximum atomic E-state index is 11.6. The third-order valence-electron chi connectivity index (χ3n) is 2.78. The third kappa shape index (κ3) is 3.62. The quantitative estimate of drug-likeness (QED) is 0.649. The molecule has 1 aromatic carbocycles. The number of nitrogen functional groups attached to an aromatic ring is 1. The van der Waals surface area contributed by atoms with Crippen molar-refractivity contribution in [3.63, 3.8) is 0 Å². The Morgan fingerprint density at radius 1 is 1.29 bits per heavy atom. The lowest BCUT2D eigenvalue weighted by Gasteiger charge is -2.10. The Bertz CT molecular complexity index is 627. The fourth-order valence-electron chi connectivity index (χ4n) is 1.77. The maximum absolute atomic E-state index is 11.6. The molecule has 0 bridgehead atoms. The molecule has 0 saturated heterocycles. The van der Waals surface area contributed by atoms with Crippen LogP contribution in [0.5, 0.6) is 5.88 Å². The summed E-state index contributed by atoms with van der Waals surface area (Å²) in [4.78, 5) is 15.8. The van der Waals surface area contributed by atoms with Crippen LogP contribution in [0.25, 0.3) is 0 Å². The average molecular weight is 287 g/mol. The Balaban J connectivity index is 2.17. The van der Waals surface area contributed by atoms with Crippen molar-refractivity contribution in [2.24, 2.45) is 0 Å². The number of nitrogens with one attached hydrogen (secondary N) is 1. The molecule has 0 unspecified atom stereocenters. The number of carbonyl (C=O) groups excluding carboxylic acids is 1. The highest BCUT2D eigenvalue weighted by molar-refractivity contribution is 5.96. The molecule has 0 aliphatic heterocycles. The summed E-state index contributed by atoms with van der Waals surface area (Å²) < 4.78 is 9.96. The Morgan fingerprint density at radius 2 is 2.05 bits per heavy atom. The van der Waals surface area contributed by atoms with Crippen LogP contribution in [0.1, 0.15) is 17.3 Å². The first-order valence-electron chi connectivity index (χ1n) is 6.47. The molecule has 1 heterocycles. The van der Waals surface area contributed by atoms with Gasteiger partial charge in [-0.05, 0) is 31.2 Å². The van der Waals surface area contributed by atoms with Crippen molar-refractivity contribution in [2.75, 3.05) is 24.8 Å². The Hall–Kier alpha value is -2.76. The molecular weight excluding hydrogens is 270 g/mol. The van der Waals surface area contributed by atoms with Gasteiger partial charge in [-0.2, -0.15) is 0 Å². The molecule has 3 N–H and O–H groups in total. The Morgan fingerprint density at radius 3 is 2.67 bits per heavy atom. The van der Waals surface area contributed by atoms with Crippen LogP contribution in [-0.2, 0) is 4.74 Å². The molecule has 2 aromatic rings. The number of esters is 1. The van der Waals surface area contributed by atoms with Crippen molar-refractivity contribution in [3.05, 3.63) is 42.1 Å². The lowest BCUT2D eigenvalue weighted by atomic mass is 10.1. The molecular formula is C15H17N3O3. The van der Waals surface area contributed by atoms with E-state index in [1.165, 1.54) is 7.11 Å². The number of hydrogen-bond acceptors (Lipinski definition) is 6. The molecule has 0 radical (unpaired) electrons. The van der Waals surface area contributed by atoms with Crippen LogP contribution in [0.15, 0.2) is 36.5 Å². The number of pyridine rings is 1. The zero-order chi connectivity index (χ0) is 15.2. The number of rotatable bonds is 5. The summed E-state index contributed by atoms with van der Waals surface area (Å²) in [5.74, 6) is 0.0941. The summed E-state index contributed by atoms with van der Waals surface area (Å²) >= 11 is 0. The SMILES string of the molecule is CCOc1ccc(Nc2ccc(N)c(C(=O)OC)c2)cn1. The number of carbonyl (C=O) groups is 1. The van der Waals surface area contributed by atoms with Crippen molar-refractivity contribution < 1.29 is 14.3 Å². The van der Waals surface area contributed by atoms with E-state index in [1.807, 2.05) is 13.0 Å². The van der Waals surface area contributed by atoms with Gasteiger partial charge in [0.1, 0.15) is 0 Å². The second kappa shape index (κ2) is 6.60. The molecule has 0 amide bonds. The van der Waals surface area contributed by atoms with Crippen LogP contribution in [0.3, 0.4) is 0 Å². The monoisotopic (exact) mass is 287 g/mol. The van der Waals surface area contributed by atoms with Gasteiger partial charge < -0.3 is 20.5 Å². The molecule has 1 aromatic heterocycles. The minimum Gasteiger partial charge on any atom is -0.478 e. The highest BCUT2D eigenvalue weighted by atomic mass is 16.5. The van der Waals surface area contributed by atoms with Gasteiger partial charge in [0.15, 0.2) is 0 Å². The fourth-order valence-corrected chi connectivity index (χ4v) is 1.77. The number of aromatic nitrogens is 1. The lowest BCUT2D eigenvalue weighted by Crippen LogP contribution is -2.06. The topological polar surface area (TPSA) is 86.5 Å². The van der Waals surface area contributed by atoms with E-state index in [4.69, 9.17) is 10.5 Å². The number of nitrogens with two attached hydrogens (primary N) is 1. The van der Waals surface area contributed by atoms with E-state index in [0.29, 0.717) is 23.7 Å². The van der Waals surface area contributed by atoms with Gasteiger partial charge in [0.25, 0.3) is 0 Å². The van der Waals surface area contributed by atoms with Gasteiger partial charge in [0.2, 0.25) is 5.88 Å². The van der Waals surface area contributed by atoms with E-state index in [-0.39, 0.29) is 0 Å². The van der Waals surface area contributed by atoms with Crippen LogP contribution in [0.2, 0.25) is 0 Å². The molecule has 21 heavy (non-hydrogen) atoms. The summed E-state index contributed by atoms with van der Waals surface area (Å²) in [6, 6.07) is 8.67. The fraction of sp³-hybridized carbons (Fsp3) is 0.200. The van der Waals surface area contributed by atoms with E-state index < -0.39 is 5.97 Å². The normalized spacial score (nSPS) is 10.0. The van der Waals surface area contributed by atoms with E-state index in [0.717, 1.165) is 11.4 Å². The predicted molar refractivity (Wildman–Crippen MR) is 80.9 cm³/mol. The number of nitrogens with zero attached hydrogens (tertiary/aromatic N) is 1. The predicted octanol–water partition coefficient (Wildman–Crippen LogP) is 2.59. The molecule has 0 saturated carbocycles. The van der Waals surface area contributed by atoms with Crippen LogP contribution in [0, 0.1) is 0 Å². The van der Waals surface area contributed by atoms with Gasteiger partial charge in [-0.25, -0.2) is 9.78 Å². The molecule has 6 nitrogen and oxygen atoms in total. The smallest absolute Gasteiger partial charge is 0.340 e. The summed E-state index contributed by atoms with van der Waals surface area (Å²) in [5, 5.41) is 3.14. The minimum atomic E-state index is -0.471.